The molecular weight excluding hydrogens is 781 g/mol. The lowest BCUT2D eigenvalue weighted by Crippen LogP contribution is -2.18. The lowest BCUT2D eigenvalue weighted by molar-refractivity contribution is 0.120. The van der Waals surface area contributed by atoms with E-state index in [1.807, 2.05) is 123 Å². The van der Waals surface area contributed by atoms with E-state index in [4.69, 9.17) is 36.8 Å². The van der Waals surface area contributed by atoms with E-state index < -0.39 is 0 Å². The smallest absolute Gasteiger partial charge is 0.228 e. The third-order valence-electron chi connectivity index (χ3n) is 9.01. The summed E-state index contributed by atoms with van der Waals surface area (Å²) < 4.78 is 18.7. The number of fused-ring (bicyclic) bond motifs is 2. The van der Waals surface area contributed by atoms with E-state index in [0.29, 0.717) is 21.5 Å². The molecule has 6 nitrogen and oxygen atoms in total. The van der Waals surface area contributed by atoms with E-state index in [-0.39, 0.29) is 6.10 Å². The first-order valence-electron chi connectivity index (χ1n) is 18.0. The fraction of sp³-hybridized carbons (Fsp3) is 0.156. The molecule has 1 fully saturated rings. The average Bonchev–Trinajstić information content (AvgIpc) is 4.00. The molecule has 1 atom stereocenters. The molecule has 0 amide bonds. The molecule has 272 valence electrons. The van der Waals surface area contributed by atoms with Crippen molar-refractivity contribution in [3.63, 3.8) is 0 Å². The third-order valence-corrected chi connectivity index (χ3v) is 10.6. The minimum Gasteiger partial charge on any atom is -0.437 e. The van der Waals surface area contributed by atoms with Crippen molar-refractivity contribution in [2.45, 2.75) is 32.8 Å². The summed E-state index contributed by atoms with van der Waals surface area (Å²) in [7, 11) is 0. The van der Waals surface area contributed by atoms with Crippen LogP contribution in [-0.4, -0.2) is 29.2 Å². The molecule has 0 radical (unpaired) electrons. The van der Waals surface area contributed by atoms with Gasteiger partial charge in [0.2, 0.25) is 11.4 Å². The van der Waals surface area contributed by atoms with Gasteiger partial charge in [0.05, 0.1) is 43.3 Å². The van der Waals surface area contributed by atoms with Gasteiger partial charge in [-0.05, 0) is 39.9 Å². The topological polar surface area (TPSA) is 73.3 Å². The summed E-state index contributed by atoms with van der Waals surface area (Å²) in [4.78, 5) is 8.94. The van der Waals surface area contributed by atoms with E-state index in [0.717, 1.165) is 91.8 Å². The molecule has 1 N–H and O–H groups in total. The Morgan fingerprint density at radius 1 is 0.630 bits per heavy atom. The molecule has 4 aromatic carbocycles. The van der Waals surface area contributed by atoms with Crippen molar-refractivity contribution >= 4 is 67.0 Å². The van der Waals surface area contributed by atoms with Crippen molar-refractivity contribution in [3.05, 3.63) is 148 Å². The van der Waals surface area contributed by atoms with Crippen molar-refractivity contribution in [2.75, 3.05) is 18.5 Å². The Morgan fingerprint density at radius 3 is 1.54 bits per heavy atom. The Morgan fingerprint density at radius 2 is 1.07 bits per heavy atom. The highest BCUT2D eigenvalue weighted by Crippen LogP contribution is 2.46. The summed E-state index contributed by atoms with van der Waals surface area (Å²) in [6.45, 7) is 5.55. The van der Waals surface area contributed by atoms with Crippen LogP contribution in [0.4, 0.5) is 5.69 Å². The molecule has 9 rings (SSSR count). The van der Waals surface area contributed by atoms with Gasteiger partial charge in [0.1, 0.15) is 11.5 Å². The van der Waals surface area contributed by atoms with Gasteiger partial charge in [0.15, 0.2) is 0 Å². The van der Waals surface area contributed by atoms with Gasteiger partial charge in [-0.25, -0.2) is 9.97 Å². The Hall–Kier alpha value is -4.92. The van der Waals surface area contributed by atoms with Gasteiger partial charge >= 0.3 is 0 Å². The van der Waals surface area contributed by atoms with Crippen LogP contribution < -0.4 is 5.32 Å². The Kier molecular flexibility index (Phi) is 12.1. The zero-order chi connectivity index (χ0) is 37.4. The second-order valence-corrected chi connectivity index (χ2v) is 14.0. The molecular formula is C45H38BrCl2N3O3. The fourth-order valence-corrected chi connectivity index (χ4v) is 7.35. The van der Waals surface area contributed by atoms with Crippen molar-refractivity contribution in [1.29, 1.82) is 0 Å². The molecule has 8 aromatic rings. The van der Waals surface area contributed by atoms with Gasteiger partial charge in [-0.1, -0.05) is 158 Å². The molecule has 54 heavy (non-hydrogen) atoms. The first-order valence-corrected chi connectivity index (χ1v) is 19.6. The standard InChI is InChI=1S/C24H21ClN2O2.C19H11BrClNO.C2H6/c25-22-19(26-14-18-12-7-13-28-18)15-27-24-21(22)20(16-8-3-1-4-9-16)23(29-24)17-10-5-2-6-11-17;20-14-11-22-19-16(17(14)21)15(12-7-3-1-4-8-12)18(23-19)13-9-5-2-6-10-13;1-2/h1-6,8-11,15,18,26H,7,12-14H2;1-11H;1-2H3/t18-;;/m0../s1. The van der Waals surface area contributed by atoms with Crippen LogP contribution in [0, 0.1) is 0 Å². The maximum Gasteiger partial charge on any atom is 0.228 e. The van der Waals surface area contributed by atoms with Crippen LogP contribution in [0.25, 0.3) is 67.1 Å². The zero-order valence-corrected chi connectivity index (χ0v) is 33.0. The summed E-state index contributed by atoms with van der Waals surface area (Å²) >= 11 is 16.9. The quantitative estimate of drug-likeness (QED) is 0.173. The lowest BCUT2D eigenvalue weighted by Gasteiger charge is -2.13. The van der Waals surface area contributed by atoms with Gasteiger partial charge in [0, 0.05) is 41.6 Å². The Bertz CT molecular complexity index is 2450. The minimum atomic E-state index is 0.222. The van der Waals surface area contributed by atoms with Crippen molar-refractivity contribution in [3.8, 4) is 44.9 Å². The maximum absolute atomic E-state index is 6.88. The zero-order valence-electron chi connectivity index (χ0n) is 29.9. The number of nitrogens with one attached hydrogen (secondary N) is 1. The van der Waals surface area contributed by atoms with Gasteiger partial charge in [0.25, 0.3) is 0 Å². The van der Waals surface area contributed by atoms with Gasteiger partial charge in [-0.3, -0.25) is 0 Å². The normalized spacial score (nSPS) is 13.6. The number of nitrogens with zero attached hydrogens (tertiary/aromatic N) is 2. The predicted molar refractivity (Wildman–Crippen MR) is 226 cm³/mol. The molecule has 0 saturated carbocycles. The Balaban J connectivity index is 0.000000163. The largest absolute Gasteiger partial charge is 0.437 e. The maximum atomic E-state index is 6.88. The first-order chi connectivity index (χ1) is 26.6. The molecule has 5 heterocycles. The van der Waals surface area contributed by atoms with Crippen LogP contribution in [0.5, 0.6) is 0 Å². The van der Waals surface area contributed by atoms with Crippen LogP contribution >= 0.6 is 39.1 Å². The molecule has 0 aliphatic carbocycles. The molecule has 4 aromatic heterocycles. The first kappa shape index (κ1) is 37.4. The van der Waals surface area contributed by atoms with Gasteiger partial charge in [-0.15, -0.1) is 0 Å². The van der Waals surface area contributed by atoms with Crippen LogP contribution in [0.15, 0.2) is 147 Å². The van der Waals surface area contributed by atoms with Gasteiger partial charge in [-0.2, -0.15) is 0 Å². The second kappa shape index (κ2) is 17.5. The number of furan rings is 2. The van der Waals surface area contributed by atoms with Crippen LogP contribution in [-0.2, 0) is 4.74 Å². The SMILES string of the molecule is CC.Clc1c(Br)cnc2oc(-c3ccccc3)c(-c3ccccc3)c12.Clc1c(NC[C@@H]2CCCO2)cnc2oc(-c3ccccc3)c(-c3ccccc3)c12. The van der Waals surface area contributed by atoms with E-state index in [1.165, 1.54) is 0 Å². The van der Waals surface area contributed by atoms with E-state index in [1.54, 1.807) is 12.4 Å². The Labute approximate surface area is 333 Å². The van der Waals surface area contributed by atoms with Crippen LogP contribution in [0.1, 0.15) is 26.7 Å². The summed E-state index contributed by atoms with van der Waals surface area (Å²) in [6, 6.07) is 40.3. The minimum absolute atomic E-state index is 0.222. The van der Waals surface area contributed by atoms with E-state index in [9.17, 15) is 0 Å². The number of ether oxygens (including phenoxy) is 1. The number of benzene rings is 4. The highest BCUT2D eigenvalue weighted by molar-refractivity contribution is 9.10. The predicted octanol–water partition coefficient (Wildman–Crippen LogP) is 14.0. The lowest BCUT2D eigenvalue weighted by atomic mass is 9.99. The van der Waals surface area contributed by atoms with Crippen molar-refractivity contribution in [2.24, 2.45) is 0 Å². The number of halogens is 3. The van der Waals surface area contributed by atoms with E-state index >= 15 is 0 Å². The van der Waals surface area contributed by atoms with E-state index in [2.05, 4.69) is 43.3 Å². The molecule has 0 unspecified atom stereocenters. The fourth-order valence-electron chi connectivity index (χ4n) is 6.53. The molecule has 1 aliphatic rings. The number of hydrogen-bond acceptors (Lipinski definition) is 6. The molecule has 0 spiro atoms. The summed E-state index contributed by atoms with van der Waals surface area (Å²) in [5.41, 5.74) is 7.89. The number of rotatable bonds is 7. The van der Waals surface area contributed by atoms with Crippen molar-refractivity contribution < 1.29 is 13.6 Å². The summed E-state index contributed by atoms with van der Waals surface area (Å²) in [6.07, 6.45) is 5.81. The van der Waals surface area contributed by atoms with Gasteiger partial charge < -0.3 is 18.9 Å². The molecule has 9 heteroatoms. The van der Waals surface area contributed by atoms with Crippen LogP contribution in [0.3, 0.4) is 0 Å². The highest BCUT2D eigenvalue weighted by atomic mass is 79.9. The summed E-state index contributed by atoms with van der Waals surface area (Å²) in [5, 5.41) is 6.30. The second-order valence-electron chi connectivity index (χ2n) is 12.4. The number of anilines is 1. The number of aromatic nitrogens is 2. The average molecular weight is 820 g/mol. The molecule has 1 aliphatic heterocycles. The third kappa shape index (κ3) is 7.82. The highest BCUT2D eigenvalue weighted by Gasteiger charge is 2.24. The number of pyridine rings is 2. The van der Waals surface area contributed by atoms with Crippen molar-refractivity contribution in [1.82, 2.24) is 9.97 Å². The molecule has 1 saturated heterocycles. The van der Waals surface area contributed by atoms with Crippen LogP contribution in [0.2, 0.25) is 10.0 Å². The molecule has 0 bridgehead atoms. The number of hydrogen-bond donors (Lipinski definition) is 1. The summed E-state index contributed by atoms with van der Waals surface area (Å²) in [5.74, 6) is 1.55. The monoisotopic (exact) mass is 817 g/mol.